The van der Waals surface area contributed by atoms with Crippen LogP contribution in [0.3, 0.4) is 0 Å². The Morgan fingerprint density at radius 3 is 2.95 bits per heavy atom. The Morgan fingerprint density at radius 1 is 1.47 bits per heavy atom. The molecule has 19 heavy (non-hydrogen) atoms. The minimum atomic E-state index is 0.751. The molecule has 0 atom stereocenters. The Hall–Kier alpha value is -1.14. The number of hydrogen-bond donors (Lipinski definition) is 2. The lowest BCUT2D eigenvalue weighted by atomic mass is 10.3. The zero-order valence-corrected chi connectivity index (χ0v) is 12.8. The van der Waals surface area contributed by atoms with Gasteiger partial charge in [0.15, 0.2) is 5.96 Å². The molecular formula is C13H24N4OS. The van der Waals surface area contributed by atoms with E-state index < -0.39 is 0 Å². The highest BCUT2D eigenvalue weighted by Gasteiger charge is 2.00. The van der Waals surface area contributed by atoms with Gasteiger partial charge in [-0.05, 0) is 20.3 Å². The molecule has 0 unspecified atom stereocenters. The van der Waals surface area contributed by atoms with Crippen molar-refractivity contribution in [3.63, 3.8) is 0 Å². The van der Waals surface area contributed by atoms with Crippen molar-refractivity contribution < 1.29 is 4.74 Å². The van der Waals surface area contributed by atoms with Gasteiger partial charge >= 0.3 is 0 Å². The molecule has 5 nitrogen and oxygen atoms in total. The van der Waals surface area contributed by atoms with Crippen molar-refractivity contribution in [2.24, 2.45) is 4.99 Å². The number of thiazole rings is 1. The standard InChI is InChI=1S/C13H24N4OS/c1-4-14-13(15-7-5-9-18-3)16-8-6-12-10-19-11(2)17-12/h10H,4-9H2,1-3H3,(H2,14,15,16). The molecule has 1 rings (SSSR count). The number of ether oxygens (including phenoxy) is 1. The lowest BCUT2D eigenvalue weighted by Gasteiger charge is -2.10. The van der Waals surface area contributed by atoms with Crippen molar-refractivity contribution in [1.82, 2.24) is 15.6 Å². The maximum absolute atomic E-state index is 5.01. The van der Waals surface area contributed by atoms with Crippen molar-refractivity contribution in [3.05, 3.63) is 16.1 Å². The number of aryl methyl sites for hydroxylation is 1. The highest BCUT2D eigenvalue weighted by atomic mass is 32.1. The van der Waals surface area contributed by atoms with E-state index in [1.165, 1.54) is 0 Å². The molecule has 0 amide bonds. The maximum Gasteiger partial charge on any atom is 0.191 e. The van der Waals surface area contributed by atoms with Crippen LogP contribution in [0.1, 0.15) is 24.0 Å². The summed E-state index contributed by atoms with van der Waals surface area (Å²) in [6.45, 7) is 7.34. The predicted molar refractivity (Wildman–Crippen MR) is 81.0 cm³/mol. The number of nitrogens with zero attached hydrogens (tertiary/aromatic N) is 2. The maximum atomic E-state index is 5.01. The van der Waals surface area contributed by atoms with Crippen molar-refractivity contribution in [2.75, 3.05) is 33.4 Å². The number of aromatic nitrogens is 1. The van der Waals surface area contributed by atoms with E-state index >= 15 is 0 Å². The number of aliphatic imine (C=N–C) groups is 1. The van der Waals surface area contributed by atoms with Crippen LogP contribution in [-0.2, 0) is 11.2 Å². The lowest BCUT2D eigenvalue weighted by molar-refractivity contribution is 0.197. The average Bonchev–Trinajstić information content (AvgIpc) is 2.80. The molecule has 1 heterocycles. The number of nitrogens with one attached hydrogen (secondary N) is 2. The molecule has 1 aromatic rings. The summed E-state index contributed by atoms with van der Waals surface area (Å²) in [6.07, 6.45) is 1.87. The normalized spacial score (nSPS) is 11.6. The van der Waals surface area contributed by atoms with E-state index in [9.17, 15) is 0 Å². The molecule has 0 bridgehead atoms. The first-order valence-electron chi connectivity index (χ1n) is 6.68. The molecule has 1 aromatic heterocycles. The van der Waals surface area contributed by atoms with Crippen LogP contribution < -0.4 is 10.6 Å². The number of guanidine groups is 1. The summed E-state index contributed by atoms with van der Waals surface area (Å²) in [7, 11) is 1.71. The minimum absolute atomic E-state index is 0.751. The summed E-state index contributed by atoms with van der Waals surface area (Å²) in [5, 5.41) is 9.78. The van der Waals surface area contributed by atoms with Crippen molar-refractivity contribution in [3.8, 4) is 0 Å². The SMILES string of the molecule is CCNC(=NCCCOC)NCCc1csc(C)n1. The van der Waals surface area contributed by atoms with Gasteiger partial charge in [0.05, 0.1) is 10.7 Å². The second-order valence-corrected chi connectivity index (χ2v) is 5.20. The van der Waals surface area contributed by atoms with Crippen LogP contribution in [0.5, 0.6) is 0 Å². The van der Waals surface area contributed by atoms with Gasteiger partial charge in [-0.2, -0.15) is 0 Å². The molecule has 0 aliphatic rings. The summed E-state index contributed by atoms with van der Waals surface area (Å²) >= 11 is 1.69. The molecule has 0 spiro atoms. The Balaban J connectivity index is 2.28. The smallest absolute Gasteiger partial charge is 0.191 e. The number of hydrogen-bond acceptors (Lipinski definition) is 4. The molecule has 0 aliphatic carbocycles. The predicted octanol–water partition coefficient (Wildman–Crippen LogP) is 1.59. The number of rotatable bonds is 8. The first-order valence-corrected chi connectivity index (χ1v) is 7.56. The molecule has 0 saturated carbocycles. The first kappa shape index (κ1) is 15.9. The average molecular weight is 284 g/mol. The van der Waals surface area contributed by atoms with Crippen LogP contribution in [-0.4, -0.2) is 44.3 Å². The third-order valence-corrected chi connectivity index (χ3v) is 3.28. The zero-order chi connectivity index (χ0) is 13.9. The highest BCUT2D eigenvalue weighted by Crippen LogP contribution is 2.07. The lowest BCUT2D eigenvalue weighted by Crippen LogP contribution is -2.38. The van der Waals surface area contributed by atoms with Gasteiger partial charge in [-0.1, -0.05) is 0 Å². The topological polar surface area (TPSA) is 58.5 Å². The van der Waals surface area contributed by atoms with Crippen LogP contribution in [0.25, 0.3) is 0 Å². The molecule has 0 radical (unpaired) electrons. The van der Waals surface area contributed by atoms with Crippen LogP contribution in [0.15, 0.2) is 10.4 Å². The Kier molecular flexibility index (Phi) is 8.16. The molecule has 0 fully saturated rings. The number of methoxy groups -OCH3 is 1. The van der Waals surface area contributed by atoms with Crippen molar-refractivity contribution in [2.45, 2.75) is 26.7 Å². The van der Waals surface area contributed by atoms with E-state index in [0.717, 1.165) is 55.7 Å². The van der Waals surface area contributed by atoms with Crippen molar-refractivity contribution >= 4 is 17.3 Å². The highest BCUT2D eigenvalue weighted by molar-refractivity contribution is 7.09. The Bertz CT molecular complexity index is 378. The van der Waals surface area contributed by atoms with Gasteiger partial charge in [0.1, 0.15) is 0 Å². The van der Waals surface area contributed by atoms with Crippen LogP contribution in [0.4, 0.5) is 0 Å². The fourth-order valence-electron chi connectivity index (χ4n) is 1.57. The fraction of sp³-hybridized carbons (Fsp3) is 0.692. The molecule has 108 valence electrons. The van der Waals surface area contributed by atoms with E-state index in [2.05, 4.69) is 32.9 Å². The zero-order valence-electron chi connectivity index (χ0n) is 12.0. The van der Waals surface area contributed by atoms with Crippen LogP contribution in [0.2, 0.25) is 0 Å². The quantitative estimate of drug-likeness (QED) is 0.432. The van der Waals surface area contributed by atoms with Gasteiger partial charge in [0.25, 0.3) is 0 Å². The third kappa shape index (κ3) is 7.12. The molecule has 2 N–H and O–H groups in total. The van der Waals surface area contributed by atoms with Gasteiger partial charge in [0.2, 0.25) is 0 Å². The summed E-state index contributed by atoms with van der Waals surface area (Å²) in [4.78, 5) is 8.93. The van der Waals surface area contributed by atoms with Gasteiger partial charge in [0, 0.05) is 45.2 Å². The van der Waals surface area contributed by atoms with Gasteiger partial charge in [-0.15, -0.1) is 11.3 Å². The Morgan fingerprint density at radius 2 is 2.32 bits per heavy atom. The van der Waals surface area contributed by atoms with E-state index in [0.29, 0.717) is 0 Å². The molecular weight excluding hydrogens is 260 g/mol. The molecule has 0 aliphatic heterocycles. The fourth-order valence-corrected chi connectivity index (χ4v) is 2.22. The summed E-state index contributed by atoms with van der Waals surface area (Å²) in [6, 6.07) is 0. The largest absolute Gasteiger partial charge is 0.385 e. The first-order chi connectivity index (χ1) is 9.26. The summed E-state index contributed by atoms with van der Waals surface area (Å²) in [5.74, 6) is 0.866. The van der Waals surface area contributed by atoms with Crippen LogP contribution in [0, 0.1) is 6.92 Å². The minimum Gasteiger partial charge on any atom is -0.385 e. The third-order valence-electron chi connectivity index (χ3n) is 2.46. The van der Waals surface area contributed by atoms with Gasteiger partial charge < -0.3 is 15.4 Å². The second-order valence-electron chi connectivity index (χ2n) is 4.14. The van der Waals surface area contributed by atoms with E-state index in [1.54, 1.807) is 18.4 Å². The Labute approximate surface area is 119 Å². The molecule has 0 saturated heterocycles. The summed E-state index contributed by atoms with van der Waals surface area (Å²) in [5.41, 5.74) is 1.14. The summed E-state index contributed by atoms with van der Waals surface area (Å²) < 4.78 is 5.01. The second kappa shape index (κ2) is 9.75. The monoisotopic (exact) mass is 284 g/mol. The molecule has 0 aromatic carbocycles. The van der Waals surface area contributed by atoms with E-state index in [-0.39, 0.29) is 0 Å². The van der Waals surface area contributed by atoms with Crippen molar-refractivity contribution in [1.29, 1.82) is 0 Å². The van der Waals surface area contributed by atoms with Crippen LogP contribution >= 0.6 is 11.3 Å². The van der Waals surface area contributed by atoms with E-state index in [4.69, 9.17) is 4.74 Å². The van der Waals surface area contributed by atoms with Gasteiger partial charge in [-0.3, -0.25) is 4.99 Å². The van der Waals surface area contributed by atoms with Gasteiger partial charge in [-0.25, -0.2) is 4.98 Å². The van der Waals surface area contributed by atoms with E-state index in [1.807, 2.05) is 6.92 Å². The molecule has 6 heteroatoms.